The molecule has 0 aliphatic carbocycles. The Bertz CT molecular complexity index is 486. The van der Waals surface area contributed by atoms with Gasteiger partial charge in [-0.05, 0) is 31.0 Å². The summed E-state index contributed by atoms with van der Waals surface area (Å²) < 4.78 is 11.1. The topological polar surface area (TPSA) is 61.3 Å². The highest BCUT2D eigenvalue weighted by Crippen LogP contribution is 2.30. The number of nitrogens with two attached hydrogens (primary N) is 1. The van der Waals surface area contributed by atoms with Crippen LogP contribution in [0.5, 0.6) is 0 Å². The van der Waals surface area contributed by atoms with Gasteiger partial charge in [-0.15, -0.1) is 0 Å². The molecular formula is C11H12N2O2. The van der Waals surface area contributed by atoms with E-state index >= 15 is 0 Å². The van der Waals surface area contributed by atoms with E-state index < -0.39 is 0 Å². The van der Waals surface area contributed by atoms with Gasteiger partial charge in [0.2, 0.25) is 5.89 Å². The summed E-state index contributed by atoms with van der Waals surface area (Å²) in [6.45, 7) is 0.797. The van der Waals surface area contributed by atoms with Crippen molar-refractivity contribution in [1.29, 1.82) is 0 Å². The van der Waals surface area contributed by atoms with E-state index in [0.717, 1.165) is 30.5 Å². The zero-order valence-electron chi connectivity index (χ0n) is 8.27. The minimum absolute atomic E-state index is 0.0265. The molecule has 78 valence electrons. The van der Waals surface area contributed by atoms with E-state index in [1.807, 2.05) is 18.2 Å². The molecule has 0 spiro atoms. The van der Waals surface area contributed by atoms with E-state index in [2.05, 4.69) is 4.98 Å². The normalized spacial score (nSPS) is 21.2. The van der Waals surface area contributed by atoms with Crippen molar-refractivity contribution in [1.82, 2.24) is 4.98 Å². The van der Waals surface area contributed by atoms with Crippen molar-refractivity contribution < 1.29 is 9.15 Å². The van der Waals surface area contributed by atoms with Gasteiger partial charge in [0.25, 0.3) is 0 Å². The molecule has 1 fully saturated rings. The number of hydrogen-bond acceptors (Lipinski definition) is 4. The van der Waals surface area contributed by atoms with Crippen molar-refractivity contribution in [2.24, 2.45) is 0 Å². The summed E-state index contributed by atoms with van der Waals surface area (Å²) in [6, 6.07) is 5.47. The van der Waals surface area contributed by atoms with E-state index in [4.69, 9.17) is 14.9 Å². The lowest BCUT2D eigenvalue weighted by molar-refractivity contribution is 0.0907. The van der Waals surface area contributed by atoms with Crippen molar-refractivity contribution in [3.63, 3.8) is 0 Å². The SMILES string of the molecule is Nc1ccc2oc(C3CCCO3)nc2c1. The lowest BCUT2D eigenvalue weighted by Gasteiger charge is -2.01. The number of rotatable bonds is 1. The van der Waals surface area contributed by atoms with Gasteiger partial charge in [-0.2, -0.15) is 0 Å². The maximum Gasteiger partial charge on any atom is 0.224 e. The molecule has 1 aromatic heterocycles. The van der Waals surface area contributed by atoms with E-state index in [1.165, 1.54) is 0 Å². The molecule has 3 rings (SSSR count). The quantitative estimate of drug-likeness (QED) is 0.724. The van der Waals surface area contributed by atoms with Crippen LogP contribution < -0.4 is 5.73 Å². The summed E-state index contributed by atoms with van der Waals surface area (Å²) in [7, 11) is 0. The van der Waals surface area contributed by atoms with E-state index in [9.17, 15) is 0 Å². The maximum atomic E-state index is 5.67. The van der Waals surface area contributed by atoms with Gasteiger partial charge in [-0.3, -0.25) is 0 Å². The number of aromatic nitrogens is 1. The second kappa shape index (κ2) is 3.24. The van der Waals surface area contributed by atoms with Crippen LogP contribution in [0.25, 0.3) is 11.1 Å². The first-order chi connectivity index (χ1) is 7.33. The number of anilines is 1. The molecule has 0 bridgehead atoms. The van der Waals surface area contributed by atoms with Crippen LogP contribution >= 0.6 is 0 Å². The van der Waals surface area contributed by atoms with E-state index in [-0.39, 0.29) is 6.10 Å². The second-order valence-electron chi connectivity index (χ2n) is 3.78. The van der Waals surface area contributed by atoms with Gasteiger partial charge in [-0.25, -0.2) is 4.98 Å². The number of nitrogens with zero attached hydrogens (tertiary/aromatic N) is 1. The van der Waals surface area contributed by atoms with Crippen molar-refractivity contribution in [2.75, 3.05) is 12.3 Å². The fraction of sp³-hybridized carbons (Fsp3) is 0.364. The second-order valence-corrected chi connectivity index (χ2v) is 3.78. The highest BCUT2D eigenvalue weighted by Gasteiger charge is 2.22. The van der Waals surface area contributed by atoms with Gasteiger partial charge >= 0.3 is 0 Å². The molecule has 15 heavy (non-hydrogen) atoms. The Hall–Kier alpha value is -1.55. The molecule has 0 amide bonds. The molecule has 1 unspecified atom stereocenters. The highest BCUT2D eigenvalue weighted by molar-refractivity contribution is 5.76. The monoisotopic (exact) mass is 204 g/mol. The van der Waals surface area contributed by atoms with Crippen molar-refractivity contribution in [3.8, 4) is 0 Å². The summed E-state index contributed by atoms with van der Waals surface area (Å²) >= 11 is 0. The third kappa shape index (κ3) is 1.47. The average molecular weight is 204 g/mol. The fourth-order valence-corrected chi connectivity index (χ4v) is 1.87. The van der Waals surface area contributed by atoms with Crippen LogP contribution in [0.2, 0.25) is 0 Å². The zero-order chi connectivity index (χ0) is 10.3. The van der Waals surface area contributed by atoms with Crippen LogP contribution in [0.1, 0.15) is 24.8 Å². The van der Waals surface area contributed by atoms with Crippen LogP contribution in [0.4, 0.5) is 5.69 Å². The molecule has 2 heterocycles. The number of nitrogen functional groups attached to an aromatic ring is 1. The molecule has 1 aromatic carbocycles. The van der Waals surface area contributed by atoms with Crippen molar-refractivity contribution >= 4 is 16.8 Å². The number of oxazole rings is 1. The van der Waals surface area contributed by atoms with Crippen LogP contribution in [-0.4, -0.2) is 11.6 Å². The first-order valence-electron chi connectivity index (χ1n) is 5.10. The summed E-state index contributed by atoms with van der Waals surface area (Å²) in [5.74, 6) is 0.674. The van der Waals surface area contributed by atoms with Crippen molar-refractivity contribution in [2.45, 2.75) is 18.9 Å². The Balaban J connectivity index is 2.05. The van der Waals surface area contributed by atoms with Crippen LogP contribution in [-0.2, 0) is 4.74 Å². The summed E-state index contributed by atoms with van der Waals surface area (Å²) in [5, 5.41) is 0. The Kier molecular flexibility index (Phi) is 1.89. The zero-order valence-corrected chi connectivity index (χ0v) is 8.27. The Morgan fingerprint density at radius 1 is 1.40 bits per heavy atom. The first kappa shape index (κ1) is 8.73. The predicted molar refractivity (Wildman–Crippen MR) is 56.3 cm³/mol. The average Bonchev–Trinajstić information content (AvgIpc) is 2.84. The summed E-state index contributed by atoms with van der Waals surface area (Å²) in [6.07, 6.45) is 2.09. The van der Waals surface area contributed by atoms with Gasteiger partial charge in [0.1, 0.15) is 11.6 Å². The molecule has 1 aliphatic heterocycles. The minimum Gasteiger partial charge on any atom is -0.438 e. The Morgan fingerprint density at radius 3 is 3.13 bits per heavy atom. The molecule has 2 N–H and O–H groups in total. The third-order valence-corrected chi connectivity index (χ3v) is 2.63. The number of benzene rings is 1. The molecule has 0 radical (unpaired) electrons. The van der Waals surface area contributed by atoms with Crippen LogP contribution in [0.3, 0.4) is 0 Å². The Labute approximate surface area is 87.0 Å². The van der Waals surface area contributed by atoms with Gasteiger partial charge in [-0.1, -0.05) is 0 Å². The minimum atomic E-state index is 0.0265. The van der Waals surface area contributed by atoms with Crippen LogP contribution in [0.15, 0.2) is 22.6 Å². The van der Waals surface area contributed by atoms with Gasteiger partial charge in [0.05, 0.1) is 0 Å². The van der Waals surface area contributed by atoms with E-state index in [1.54, 1.807) is 0 Å². The number of fused-ring (bicyclic) bond motifs is 1. The van der Waals surface area contributed by atoms with Crippen molar-refractivity contribution in [3.05, 3.63) is 24.1 Å². The molecule has 4 heteroatoms. The molecule has 0 saturated carbocycles. The largest absolute Gasteiger partial charge is 0.438 e. The van der Waals surface area contributed by atoms with Gasteiger partial charge < -0.3 is 14.9 Å². The Morgan fingerprint density at radius 2 is 2.33 bits per heavy atom. The van der Waals surface area contributed by atoms with Crippen LogP contribution in [0, 0.1) is 0 Å². The fourth-order valence-electron chi connectivity index (χ4n) is 1.87. The summed E-state index contributed by atoms with van der Waals surface area (Å²) in [4.78, 5) is 4.38. The number of ether oxygens (including phenoxy) is 1. The maximum absolute atomic E-state index is 5.67. The van der Waals surface area contributed by atoms with Gasteiger partial charge in [0, 0.05) is 12.3 Å². The number of hydrogen-bond donors (Lipinski definition) is 1. The molecule has 1 saturated heterocycles. The summed E-state index contributed by atoms with van der Waals surface area (Å²) in [5.41, 5.74) is 7.96. The predicted octanol–water partition coefficient (Wildman–Crippen LogP) is 2.26. The molecule has 4 nitrogen and oxygen atoms in total. The highest BCUT2D eigenvalue weighted by atomic mass is 16.5. The first-order valence-corrected chi connectivity index (χ1v) is 5.10. The molecule has 1 atom stereocenters. The molecule has 2 aromatic rings. The third-order valence-electron chi connectivity index (χ3n) is 2.63. The van der Waals surface area contributed by atoms with E-state index in [0.29, 0.717) is 11.6 Å². The molecule has 1 aliphatic rings. The van der Waals surface area contributed by atoms with Gasteiger partial charge in [0.15, 0.2) is 5.58 Å². The lowest BCUT2D eigenvalue weighted by Crippen LogP contribution is -1.94. The standard InChI is InChI=1S/C11H12N2O2/c12-7-3-4-9-8(6-7)13-11(15-9)10-2-1-5-14-10/h3-4,6,10H,1-2,5,12H2. The molecular weight excluding hydrogens is 192 g/mol. The lowest BCUT2D eigenvalue weighted by atomic mass is 10.2. The smallest absolute Gasteiger partial charge is 0.224 e.